The van der Waals surface area contributed by atoms with Gasteiger partial charge in [-0.2, -0.15) is 26.3 Å². The first-order valence-electron chi connectivity index (χ1n) is 39.4. The fourth-order valence-electron chi connectivity index (χ4n) is 14.4. The Morgan fingerprint density at radius 3 is 1.20 bits per heavy atom. The van der Waals surface area contributed by atoms with E-state index in [9.17, 15) is 51.3 Å². The van der Waals surface area contributed by atoms with Gasteiger partial charge in [0.2, 0.25) is 0 Å². The van der Waals surface area contributed by atoms with E-state index in [4.69, 9.17) is 38.6 Å². The SMILES string of the molecule is C.C.C.C.CC(C)(C)OC(=O)N1CC=C(B2OC(C)(C)C(C)(C)O2)C1.Cc1nnn2c1-c1ccc(Br)cc1C(Nc1cccc(O)c1)CC2.Cc1nnn2c1-c1ccc(C3=CCN(C(=O)OC(C)(C)C)C3)cc1C(Nc1cccc(O)c1)CC2.Cc1nnn2c1-c1ccc(C3=CCNC3)cc1C(Nc1cccc(O)c1)CC2.O=C(O)C(F)(F)F.O=C(O)C(F)(F)F. The van der Waals surface area contributed by atoms with Crippen LogP contribution in [0.3, 0.4) is 0 Å². The number of anilines is 3. The summed E-state index contributed by atoms with van der Waals surface area (Å²) in [5, 5.41) is 83.7. The highest BCUT2D eigenvalue weighted by molar-refractivity contribution is 9.10. The highest BCUT2D eigenvalue weighted by Gasteiger charge is 2.53. The van der Waals surface area contributed by atoms with Gasteiger partial charge in [-0.1, -0.05) is 128 Å². The Labute approximate surface area is 739 Å². The number of phenolic OH excluding ortho intramolecular Hbond substituents is 3. The molecule has 0 aliphatic carbocycles. The molecule has 36 heteroatoms. The Morgan fingerprint density at radius 2 is 0.849 bits per heavy atom. The molecule has 0 radical (unpaired) electrons. The zero-order chi connectivity index (χ0) is 88.7. The van der Waals surface area contributed by atoms with E-state index in [1.54, 1.807) is 46.2 Å². The first-order valence-corrected chi connectivity index (χ1v) is 40.2. The molecule has 2 amide bonds. The second kappa shape index (κ2) is 41.6. The molecular formula is C90H115BBrF6N15O13. The third kappa shape index (κ3) is 25.5. The molecule has 16 rings (SSSR count). The van der Waals surface area contributed by atoms with Crippen molar-refractivity contribution in [1.82, 2.24) is 60.1 Å². The fraction of sp³-hybridized carbons (Fsp3) is 0.422. The van der Waals surface area contributed by atoms with E-state index in [1.165, 1.54) is 27.8 Å². The highest BCUT2D eigenvalue weighted by Crippen LogP contribution is 2.44. The van der Waals surface area contributed by atoms with Crippen molar-refractivity contribution in [3.63, 3.8) is 0 Å². The summed E-state index contributed by atoms with van der Waals surface area (Å²) < 4.78 is 93.4. The average molecular weight is 1820 g/mol. The van der Waals surface area contributed by atoms with Crippen molar-refractivity contribution in [3.05, 3.63) is 200 Å². The van der Waals surface area contributed by atoms with E-state index in [2.05, 4.69) is 129 Å². The molecular weight excluding hydrogens is 1700 g/mol. The molecule has 10 heterocycles. The van der Waals surface area contributed by atoms with Gasteiger partial charge in [0, 0.05) is 115 Å². The van der Waals surface area contributed by atoms with Crippen LogP contribution < -0.4 is 21.3 Å². The van der Waals surface area contributed by atoms with Crippen LogP contribution in [0.5, 0.6) is 17.2 Å². The predicted octanol–water partition coefficient (Wildman–Crippen LogP) is 19.5. The van der Waals surface area contributed by atoms with Gasteiger partial charge in [0.1, 0.15) is 28.5 Å². The van der Waals surface area contributed by atoms with Crippen molar-refractivity contribution in [2.24, 2.45) is 0 Å². The number of carboxylic acids is 2. The summed E-state index contributed by atoms with van der Waals surface area (Å²) in [7, 11) is -0.387. The van der Waals surface area contributed by atoms with E-state index < -0.39 is 35.5 Å². The van der Waals surface area contributed by atoms with E-state index >= 15 is 0 Å². The molecule has 3 unspecified atom stereocenters. The molecule has 1 saturated heterocycles. The minimum absolute atomic E-state index is 0. The number of amides is 2. The number of aromatic nitrogens is 9. The smallest absolute Gasteiger partial charge is 0.492 e. The average Bonchev–Trinajstić information content (AvgIpc) is 1.62. The van der Waals surface area contributed by atoms with Gasteiger partial charge in [0.25, 0.3) is 0 Å². The first-order chi connectivity index (χ1) is 57.3. The van der Waals surface area contributed by atoms with Crippen molar-refractivity contribution in [2.75, 3.05) is 55.2 Å². The van der Waals surface area contributed by atoms with Crippen molar-refractivity contribution in [1.29, 1.82) is 0 Å². The van der Waals surface area contributed by atoms with Crippen LogP contribution in [-0.4, -0.2) is 186 Å². The maximum Gasteiger partial charge on any atom is 0.492 e. The van der Waals surface area contributed by atoms with Gasteiger partial charge in [0.15, 0.2) is 0 Å². The number of hydrogen-bond donors (Lipinski definition) is 9. The Morgan fingerprint density at radius 1 is 0.500 bits per heavy atom. The van der Waals surface area contributed by atoms with Crippen LogP contribution in [0, 0.1) is 20.8 Å². The Kier molecular flexibility index (Phi) is 33.4. The lowest BCUT2D eigenvalue weighted by Gasteiger charge is -2.32. The molecule has 0 bridgehead atoms. The van der Waals surface area contributed by atoms with E-state index in [0.29, 0.717) is 26.2 Å². The molecule has 0 spiro atoms. The van der Waals surface area contributed by atoms with Crippen molar-refractivity contribution in [2.45, 2.75) is 211 Å². The zero-order valence-electron chi connectivity index (χ0n) is 69.7. The number of fused-ring (bicyclic) bond motifs is 9. The van der Waals surface area contributed by atoms with Crippen LogP contribution in [0.1, 0.15) is 181 Å². The maximum absolute atomic E-state index is 12.6. The molecule has 1 fully saturated rings. The van der Waals surface area contributed by atoms with Crippen LogP contribution in [0.2, 0.25) is 0 Å². The molecule has 28 nitrogen and oxygen atoms in total. The quantitative estimate of drug-likeness (QED) is 0.0479. The molecule has 9 aromatic rings. The number of carbonyl (C=O) groups excluding carboxylic acids is 2. The largest absolute Gasteiger partial charge is 0.508 e. The van der Waals surface area contributed by atoms with Gasteiger partial charge in [0.05, 0.1) is 63.5 Å². The number of phenols is 3. The molecule has 0 saturated carbocycles. The third-order valence-corrected chi connectivity index (χ3v) is 21.4. The van der Waals surface area contributed by atoms with E-state index in [1.807, 2.05) is 153 Å². The van der Waals surface area contributed by atoms with Crippen LogP contribution in [0.15, 0.2) is 156 Å². The van der Waals surface area contributed by atoms with Crippen molar-refractivity contribution >= 4 is 75.4 Å². The highest BCUT2D eigenvalue weighted by atomic mass is 79.9. The summed E-state index contributed by atoms with van der Waals surface area (Å²) >= 11 is 3.58. The van der Waals surface area contributed by atoms with Gasteiger partial charge in [-0.05, 0) is 214 Å². The summed E-state index contributed by atoms with van der Waals surface area (Å²) in [4.78, 5) is 45.8. The number of aliphatic carboxylic acids is 2. The number of alkyl halides is 6. The Hall–Kier alpha value is -11.8. The number of carbonyl (C=O) groups is 4. The van der Waals surface area contributed by atoms with Gasteiger partial charge in [-0.15, -0.1) is 15.3 Å². The Bertz CT molecular complexity index is 5380. The maximum atomic E-state index is 12.6. The summed E-state index contributed by atoms with van der Waals surface area (Å²) in [5.41, 5.74) is 19.7. The number of aryl methyl sites for hydroxylation is 6. The second-order valence-corrected chi connectivity index (χ2v) is 33.9. The van der Waals surface area contributed by atoms with Crippen molar-refractivity contribution in [3.8, 4) is 51.0 Å². The predicted molar refractivity (Wildman–Crippen MR) is 478 cm³/mol. The zero-order valence-corrected chi connectivity index (χ0v) is 71.3. The minimum Gasteiger partial charge on any atom is -0.508 e. The van der Waals surface area contributed by atoms with Crippen molar-refractivity contribution < 1.29 is 89.8 Å². The third-order valence-electron chi connectivity index (χ3n) is 20.9. The van der Waals surface area contributed by atoms with Crippen LogP contribution in [-0.2, 0) is 48.0 Å². The van der Waals surface area contributed by atoms with Crippen LogP contribution in [0.4, 0.5) is 53.0 Å². The minimum atomic E-state index is -5.08. The Balaban J connectivity index is 0.000000219. The fourth-order valence-corrected chi connectivity index (χ4v) is 14.8. The number of benzene rings is 6. The monoisotopic (exact) mass is 1820 g/mol. The van der Waals surface area contributed by atoms with Gasteiger partial charge >= 0.3 is 43.6 Å². The lowest BCUT2D eigenvalue weighted by Crippen LogP contribution is -2.41. The van der Waals surface area contributed by atoms with E-state index in [0.717, 1.165) is 141 Å². The summed E-state index contributed by atoms with van der Waals surface area (Å²) in [6.45, 7) is 31.5. The van der Waals surface area contributed by atoms with E-state index in [-0.39, 0.29) is 95.6 Å². The lowest BCUT2D eigenvalue weighted by molar-refractivity contribution is -0.193. The normalized spacial score (nSPS) is 17.2. The van der Waals surface area contributed by atoms with Gasteiger partial charge in [-0.3, -0.25) is 0 Å². The number of ether oxygens (including phenoxy) is 2. The number of rotatable bonds is 9. The lowest BCUT2D eigenvalue weighted by atomic mass is 9.79. The number of nitrogens with zero attached hydrogens (tertiary/aromatic N) is 11. The number of hydrogen-bond acceptors (Lipinski definition) is 21. The molecule has 680 valence electrons. The first kappa shape index (κ1) is 101. The molecule has 3 atom stereocenters. The number of halogens is 7. The second-order valence-electron chi connectivity index (χ2n) is 33.0. The number of carboxylic acid groups (broad SMARTS) is 2. The molecule has 7 aliphatic heterocycles. The topological polar surface area (TPSA) is 353 Å². The standard InChI is InChI=1S/C27H31N5O3.C22H23N5O.C18H17BrN4O.C15H26BNO4.2C2HF3O2.4CH4/c1-17-25-22-9-8-18(19-10-12-31(16-19)26(34)35-27(2,3)4)14-23(22)24(11-13-32(25)30-29-17)28-20-6-5-7-21(33)15-20;1-14-22-19-6-5-15(16-7-9-23-13-16)11-20(19)21(8-10-27(22)26-25-14)24-17-3-2-4-18(28)12-17;1-11-18-15-6-5-12(19)9-16(15)17(7-8-23(18)22-21-11)20-13-3-2-4-14(24)10-13;1-13(2,3)19-12(18)17-9-8-11(10-17)16-20-14(4,5)15(6,7)21-16;2*3-2(4,5)1(6)7;;;;/h5-10,14-15,24,28,33H,11-13,16H2,1-4H3;2-7,11-12,21,23-24,28H,8-10,13H2,1H3;2-6,9-10,17,20,24H,7-8H2,1H3;8H,9-10H2,1-7H3;2*(H,6,7);4*1H4. The molecule has 7 aliphatic rings. The molecule has 6 aromatic carbocycles. The van der Waals surface area contributed by atoms with Crippen LogP contribution >= 0.6 is 15.9 Å². The number of aromatic hydroxyl groups is 3. The molecule has 126 heavy (non-hydrogen) atoms. The summed E-state index contributed by atoms with van der Waals surface area (Å²) in [5.74, 6) is -4.76. The summed E-state index contributed by atoms with van der Waals surface area (Å²) in [6, 6.07) is 41.4. The number of nitrogens with one attached hydrogen (secondary N) is 4. The van der Waals surface area contributed by atoms with Gasteiger partial charge < -0.3 is 75.4 Å². The van der Waals surface area contributed by atoms with Gasteiger partial charge in [-0.25, -0.2) is 33.2 Å². The molecule has 3 aromatic heterocycles. The molecule has 9 N–H and O–H groups in total. The van der Waals surface area contributed by atoms with Crippen LogP contribution in [0.25, 0.3) is 44.9 Å². The summed E-state index contributed by atoms with van der Waals surface area (Å²) in [6.07, 6.45) is -1.84.